The van der Waals surface area contributed by atoms with E-state index in [-0.39, 0.29) is 5.91 Å². The van der Waals surface area contributed by atoms with Crippen LogP contribution in [0.5, 0.6) is 0 Å². The quantitative estimate of drug-likeness (QED) is 0.836. The number of hydrogen-bond donors (Lipinski definition) is 1. The molecular weight excluding hydrogens is 314 g/mol. The van der Waals surface area contributed by atoms with E-state index in [0.717, 1.165) is 22.0 Å². The van der Waals surface area contributed by atoms with Crippen LogP contribution < -0.4 is 5.32 Å². The van der Waals surface area contributed by atoms with Gasteiger partial charge in [0.1, 0.15) is 0 Å². The van der Waals surface area contributed by atoms with Gasteiger partial charge in [0, 0.05) is 10.5 Å². The summed E-state index contributed by atoms with van der Waals surface area (Å²) in [5.41, 5.74) is 1.90. The number of carbonyl (C=O) groups excluding carboxylic acids is 1. The maximum Gasteiger partial charge on any atom is 0.252 e. The first-order valence-electron chi connectivity index (χ1n) is 7.69. The van der Waals surface area contributed by atoms with Crippen LogP contribution in [-0.2, 0) is 0 Å². The molecular formula is C17H24BrNO. The average Bonchev–Trinajstić information content (AvgIpc) is 2.45. The minimum atomic E-state index is 0.0503. The third-order valence-electron chi connectivity index (χ3n) is 4.34. The molecule has 0 heterocycles. The Bertz CT molecular complexity index is 466. The van der Waals surface area contributed by atoms with Crippen LogP contribution in [0.4, 0.5) is 0 Å². The Balaban J connectivity index is 2.04. The highest BCUT2D eigenvalue weighted by Gasteiger charge is 2.24. The normalized spacial score (nSPS) is 17.8. The van der Waals surface area contributed by atoms with Crippen LogP contribution in [0.3, 0.4) is 0 Å². The Morgan fingerprint density at radius 3 is 2.65 bits per heavy atom. The second kappa shape index (κ2) is 7.26. The molecule has 1 unspecified atom stereocenters. The number of benzene rings is 1. The zero-order valence-electron chi connectivity index (χ0n) is 12.4. The maximum atomic E-state index is 12.4. The van der Waals surface area contributed by atoms with E-state index in [1.54, 1.807) is 0 Å². The molecule has 1 aromatic carbocycles. The summed E-state index contributed by atoms with van der Waals surface area (Å²) in [5.74, 6) is 0.705. The first-order valence-corrected chi connectivity index (χ1v) is 8.48. The average molecular weight is 338 g/mol. The number of carbonyl (C=O) groups is 1. The summed E-state index contributed by atoms with van der Waals surface area (Å²) in [6, 6.07) is 6.20. The lowest BCUT2D eigenvalue weighted by Gasteiger charge is -2.30. The Kier molecular flexibility index (Phi) is 5.64. The molecule has 0 aromatic heterocycles. The summed E-state index contributed by atoms with van der Waals surface area (Å²) in [6.07, 6.45) is 7.50. The van der Waals surface area contributed by atoms with Crippen LogP contribution in [0.15, 0.2) is 22.7 Å². The molecule has 0 aliphatic heterocycles. The third kappa shape index (κ3) is 3.85. The minimum Gasteiger partial charge on any atom is -0.349 e. The van der Waals surface area contributed by atoms with Gasteiger partial charge in [-0.05, 0) is 65.7 Å². The van der Waals surface area contributed by atoms with Crippen LogP contribution in [-0.4, -0.2) is 11.9 Å². The van der Waals surface area contributed by atoms with Gasteiger partial charge in [0.25, 0.3) is 5.91 Å². The van der Waals surface area contributed by atoms with Gasteiger partial charge in [0.2, 0.25) is 0 Å². The van der Waals surface area contributed by atoms with E-state index in [0.29, 0.717) is 12.0 Å². The van der Waals surface area contributed by atoms with Gasteiger partial charge in [0.15, 0.2) is 0 Å². The van der Waals surface area contributed by atoms with Gasteiger partial charge in [-0.3, -0.25) is 4.79 Å². The number of halogens is 1. The highest BCUT2D eigenvalue weighted by molar-refractivity contribution is 9.10. The first-order chi connectivity index (χ1) is 9.61. The van der Waals surface area contributed by atoms with E-state index in [1.807, 2.05) is 25.1 Å². The number of amides is 1. The largest absolute Gasteiger partial charge is 0.349 e. The van der Waals surface area contributed by atoms with E-state index in [4.69, 9.17) is 0 Å². The molecule has 1 saturated carbocycles. The molecule has 1 N–H and O–H groups in total. The van der Waals surface area contributed by atoms with E-state index in [9.17, 15) is 4.79 Å². The van der Waals surface area contributed by atoms with E-state index in [2.05, 4.69) is 28.2 Å². The molecule has 1 aliphatic rings. The minimum absolute atomic E-state index is 0.0503. The van der Waals surface area contributed by atoms with E-state index < -0.39 is 0 Å². The monoisotopic (exact) mass is 337 g/mol. The molecule has 110 valence electrons. The molecule has 3 heteroatoms. The van der Waals surface area contributed by atoms with Crippen molar-refractivity contribution in [3.8, 4) is 0 Å². The predicted octanol–water partition coefficient (Wildman–Crippen LogP) is 4.85. The Labute approximate surface area is 130 Å². The van der Waals surface area contributed by atoms with Crippen molar-refractivity contribution >= 4 is 21.8 Å². The summed E-state index contributed by atoms with van der Waals surface area (Å²) in [7, 11) is 0. The molecule has 0 saturated heterocycles. The fourth-order valence-corrected chi connectivity index (χ4v) is 3.81. The highest BCUT2D eigenvalue weighted by Crippen LogP contribution is 2.28. The predicted molar refractivity (Wildman–Crippen MR) is 87.0 cm³/mol. The Morgan fingerprint density at radius 2 is 2.05 bits per heavy atom. The molecule has 1 fully saturated rings. The van der Waals surface area contributed by atoms with Gasteiger partial charge in [0.05, 0.1) is 5.56 Å². The maximum absolute atomic E-state index is 12.4. The molecule has 2 rings (SSSR count). The van der Waals surface area contributed by atoms with Crippen LogP contribution in [0.25, 0.3) is 0 Å². The Hall–Kier alpha value is -0.830. The summed E-state index contributed by atoms with van der Waals surface area (Å²) in [6.45, 7) is 4.20. The van der Waals surface area contributed by atoms with Crippen LogP contribution in [0, 0.1) is 12.8 Å². The van der Waals surface area contributed by atoms with Crippen molar-refractivity contribution in [1.29, 1.82) is 0 Å². The van der Waals surface area contributed by atoms with Gasteiger partial charge in [-0.15, -0.1) is 0 Å². The SMILES string of the molecule is CCC(NC(=O)c1ccc(C)cc1Br)C1CCCCC1. The van der Waals surface area contributed by atoms with Crippen molar-refractivity contribution in [3.63, 3.8) is 0 Å². The number of aryl methyl sites for hydroxylation is 1. The molecule has 0 radical (unpaired) electrons. The zero-order valence-corrected chi connectivity index (χ0v) is 14.0. The van der Waals surface area contributed by atoms with Crippen LogP contribution >= 0.6 is 15.9 Å². The van der Waals surface area contributed by atoms with Crippen molar-refractivity contribution in [2.75, 3.05) is 0 Å². The standard InChI is InChI=1S/C17H24BrNO/c1-3-16(13-7-5-4-6-8-13)19-17(20)14-10-9-12(2)11-15(14)18/h9-11,13,16H,3-8H2,1-2H3,(H,19,20). The fourth-order valence-electron chi connectivity index (χ4n) is 3.14. The van der Waals surface area contributed by atoms with Crippen molar-refractivity contribution in [3.05, 3.63) is 33.8 Å². The summed E-state index contributed by atoms with van der Waals surface area (Å²) >= 11 is 3.49. The number of rotatable bonds is 4. The smallest absolute Gasteiger partial charge is 0.252 e. The third-order valence-corrected chi connectivity index (χ3v) is 5.00. The van der Waals surface area contributed by atoms with Gasteiger partial charge in [-0.2, -0.15) is 0 Å². The number of nitrogens with one attached hydrogen (secondary N) is 1. The van der Waals surface area contributed by atoms with Crippen LogP contribution in [0.1, 0.15) is 61.4 Å². The number of hydrogen-bond acceptors (Lipinski definition) is 1. The van der Waals surface area contributed by atoms with E-state index in [1.165, 1.54) is 32.1 Å². The summed E-state index contributed by atoms with van der Waals surface area (Å²) in [4.78, 5) is 12.4. The van der Waals surface area contributed by atoms with Crippen molar-refractivity contribution < 1.29 is 4.79 Å². The molecule has 0 spiro atoms. The van der Waals surface area contributed by atoms with Gasteiger partial charge >= 0.3 is 0 Å². The molecule has 1 atom stereocenters. The molecule has 1 aliphatic carbocycles. The fraction of sp³-hybridized carbons (Fsp3) is 0.588. The topological polar surface area (TPSA) is 29.1 Å². The van der Waals surface area contributed by atoms with E-state index >= 15 is 0 Å². The van der Waals surface area contributed by atoms with Gasteiger partial charge in [-0.1, -0.05) is 32.3 Å². The van der Waals surface area contributed by atoms with Crippen LogP contribution in [0.2, 0.25) is 0 Å². The first kappa shape index (κ1) is 15.6. The van der Waals surface area contributed by atoms with Crippen molar-refractivity contribution in [1.82, 2.24) is 5.32 Å². The Morgan fingerprint density at radius 1 is 1.35 bits per heavy atom. The second-order valence-electron chi connectivity index (χ2n) is 5.87. The lowest BCUT2D eigenvalue weighted by molar-refractivity contribution is 0.0910. The highest BCUT2D eigenvalue weighted by atomic mass is 79.9. The molecule has 2 nitrogen and oxygen atoms in total. The summed E-state index contributed by atoms with van der Waals surface area (Å²) in [5, 5.41) is 3.24. The molecule has 1 amide bonds. The lowest BCUT2D eigenvalue weighted by Crippen LogP contribution is -2.40. The molecule has 0 bridgehead atoms. The van der Waals surface area contributed by atoms with Crippen molar-refractivity contribution in [2.45, 2.75) is 58.4 Å². The lowest BCUT2D eigenvalue weighted by atomic mass is 9.83. The zero-order chi connectivity index (χ0) is 14.5. The van der Waals surface area contributed by atoms with Gasteiger partial charge in [-0.25, -0.2) is 0 Å². The molecule has 20 heavy (non-hydrogen) atoms. The van der Waals surface area contributed by atoms with Gasteiger partial charge < -0.3 is 5.32 Å². The summed E-state index contributed by atoms with van der Waals surface area (Å²) < 4.78 is 0.883. The molecule has 1 aromatic rings. The second-order valence-corrected chi connectivity index (χ2v) is 6.72. The van der Waals surface area contributed by atoms with Crippen molar-refractivity contribution in [2.24, 2.45) is 5.92 Å².